The average Bonchev–Trinajstić information content (AvgIpc) is 2.79. The van der Waals surface area contributed by atoms with E-state index < -0.39 is 27.0 Å². The zero-order chi connectivity index (χ0) is 22.7. The SMILES string of the molecule is O=C(Oc1cc2ccc(S(=O)(=O)[O-])cc2cc1OC(=O)c1ccccc1)c1ccccc1.[Na+]. The summed E-state index contributed by atoms with van der Waals surface area (Å²) in [6.45, 7) is 0. The molecule has 0 aliphatic heterocycles. The summed E-state index contributed by atoms with van der Waals surface area (Å²) in [7, 11) is -4.68. The first-order valence-corrected chi connectivity index (χ1v) is 10.8. The fourth-order valence-corrected chi connectivity index (χ4v) is 3.52. The Morgan fingerprint density at radius 1 is 0.636 bits per heavy atom. The van der Waals surface area contributed by atoms with Crippen LogP contribution in [0.15, 0.2) is 95.9 Å². The minimum atomic E-state index is -4.68. The molecule has 0 saturated heterocycles. The van der Waals surface area contributed by atoms with Crippen molar-refractivity contribution in [2.24, 2.45) is 0 Å². The van der Waals surface area contributed by atoms with Gasteiger partial charge in [0.1, 0.15) is 10.1 Å². The van der Waals surface area contributed by atoms with Gasteiger partial charge in [-0.2, -0.15) is 0 Å². The van der Waals surface area contributed by atoms with Gasteiger partial charge in [-0.1, -0.05) is 42.5 Å². The van der Waals surface area contributed by atoms with Crippen LogP contribution in [0.4, 0.5) is 0 Å². The summed E-state index contributed by atoms with van der Waals surface area (Å²) >= 11 is 0. The van der Waals surface area contributed by atoms with Crippen LogP contribution in [-0.2, 0) is 10.1 Å². The predicted molar refractivity (Wildman–Crippen MR) is 115 cm³/mol. The van der Waals surface area contributed by atoms with Crippen molar-refractivity contribution in [2.75, 3.05) is 0 Å². The number of rotatable bonds is 5. The molecule has 0 spiro atoms. The topological polar surface area (TPSA) is 110 Å². The molecule has 4 aromatic rings. The fourth-order valence-electron chi connectivity index (χ4n) is 3.02. The average molecular weight is 470 g/mol. The molecule has 33 heavy (non-hydrogen) atoms. The maximum atomic E-state index is 12.6. The molecular formula is C24H15NaO7S. The number of benzene rings is 4. The molecular weight excluding hydrogens is 455 g/mol. The molecule has 4 rings (SSSR count). The normalized spacial score (nSPS) is 10.8. The van der Waals surface area contributed by atoms with Gasteiger partial charge in [0, 0.05) is 0 Å². The first-order valence-electron chi connectivity index (χ1n) is 9.39. The third-order valence-corrected chi connectivity index (χ3v) is 5.42. The summed E-state index contributed by atoms with van der Waals surface area (Å²) in [5.74, 6) is -1.50. The van der Waals surface area contributed by atoms with Crippen LogP contribution in [0.3, 0.4) is 0 Å². The van der Waals surface area contributed by atoms with Crippen molar-refractivity contribution in [1.29, 1.82) is 0 Å². The van der Waals surface area contributed by atoms with Crippen LogP contribution in [0.1, 0.15) is 20.7 Å². The van der Waals surface area contributed by atoms with Crippen molar-refractivity contribution in [3.63, 3.8) is 0 Å². The van der Waals surface area contributed by atoms with Crippen molar-refractivity contribution in [3.05, 3.63) is 102 Å². The van der Waals surface area contributed by atoms with Gasteiger partial charge in [0.2, 0.25) is 0 Å². The molecule has 0 N–H and O–H groups in total. The Labute approximate surface area is 212 Å². The van der Waals surface area contributed by atoms with E-state index in [1.807, 2.05) is 0 Å². The van der Waals surface area contributed by atoms with Gasteiger partial charge in [0.05, 0.1) is 16.0 Å². The third kappa shape index (κ3) is 5.87. The first kappa shape index (κ1) is 24.6. The van der Waals surface area contributed by atoms with Crippen LogP contribution >= 0.6 is 0 Å². The van der Waals surface area contributed by atoms with Crippen molar-refractivity contribution in [1.82, 2.24) is 0 Å². The number of hydrogen-bond donors (Lipinski definition) is 0. The van der Waals surface area contributed by atoms with E-state index in [0.29, 0.717) is 16.3 Å². The van der Waals surface area contributed by atoms with E-state index in [1.54, 1.807) is 60.7 Å². The fraction of sp³-hybridized carbons (Fsp3) is 0. The number of fused-ring (bicyclic) bond motifs is 1. The summed E-state index contributed by atoms with van der Waals surface area (Å²) < 4.78 is 45.1. The number of hydrogen-bond acceptors (Lipinski definition) is 7. The first-order chi connectivity index (χ1) is 15.3. The van der Waals surface area contributed by atoms with E-state index in [9.17, 15) is 22.6 Å². The van der Waals surface area contributed by atoms with E-state index in [-0.39, 0.29) is 46.6 Å². The molecule has 0 unspecified atom stereocenters. The predicted octanol–water partition coefficient (Wildman–Crippen LogP) is 1.19. The van der Waals surface area contributed by atoms with Crippen molar-refractivity contribution >= 4 is 32.8 Å². The summed E-state index contributed by atoms with van der Waals surface area (Å²) in [4.78, 5) is 24.7. The van der Waals surface area contributed by atoms with Gasteiger partial charge in [-0.15, -0.1) is 0 Å². The molecule has 0 heterocycles. The number of carbonyl (C=O) groups excluding carboxylic acids is 2. The number of carbonyl (C=O) groups is 2. The Hall–Kier alpha value is -3.01. The van der Waals surface area contributed by atoms with Gasteiger partial charge in [-0.05, 0) is 59.3 Å². The van der Waals surface area contributed by atoms with E-state index in [4.69, 9.17) is 9.47 Å². The summed E-state index contributed by atoms with van der Waals surface area (Å²) in [5, 5.41) is 0.796. The molecule has 0 amide bonds. The summed E-state index contributed by atoms with van der Waals surface area (Å²) in [6, 6.07) is 23.0. The Balaban J connectivity index is 0.00000306. The van der Waals surface area contributed by atoms with Gasteiger partial charge in [-0.3, -0.25) is 0 Å². The van der Waals surface area contributed by atoms with Crippen molar-refractivity contribution in [2.45, 2.75) is 4.90 Å². The molecule has 7 nitrogen and oxygen atoms in total. The minimum absolute atomic E-state index is 0. The maximum Gasteiger partial charge on any atom is 1.00 e. The van der Waals surface area contributed by atoms with Gasteiger partial charge in [0.25, 0.3) is 0 Å². The Morgan fingerprint density at radius 3 is 1.55 bits per heavy atom. The molecule has 0 fully saturated rings. The van der Waals surface area contributed by atoms with Crippen molar-refractivity contribution in [3.8, 4) is 11.5 Å². The zero-order valence-electron chi connectivity index (χ0n) is 17.4. The monoisotopic (exact) mass is 470 g/mol. The Bertz CT molecular complexity index is 1420. The molecule has 0 radical (unpaired) electrons. The van der Waals surface area contributed by atoms with Crippen LogP contribution in [0, 0.1) is 0 Å². The number of ether oxygens (including phenoxy) is 2. The molecule has 0 bridgehead atoms. The van der Waals surface area contributed by atoms with Crippen LogP contribution < -0.4 is 39.0 Å². The van der Waals surface area contributed by atoms with Crippen molar-refractivity contribution < 1.29 is 61.6 Å². The molecule has 0 aromatic heterocycles. The van der Waals surface area contributed by atoms with E-state index >= 15 is 0 Å². The molecule has 0 saturated carbocycles. The Morgan fingerprint density at radius 2 is 1.09 bits per heavy atom. The summed E-state index contributed by atoms with van der Waals surface area (Å²) in [6.07, 6.45) is 0. The van der Waals surface area contributed by atoms with Crippen LogP contribution in [-0.4, -0.2) is 24.9 Å². The van der Waals surface area contributed by atoms with Gasteiger partial charge < -0.3 is 14.0 Å². The molecule has 0 atom stereocenters. The molecule has 160 valence electrons. The molecule has 9 heteroatoms. The third-order valence-electron chi connectivity index (χ3n) is 4.59. The van der Waals surface area contributed by atoms with Crippen LogP contribution in [0.25, 0.3) is 10.8 Å². The van der Waals surface area contributed by atoms with E-state index in [2.05, 4.69) is 0 Å². The second-order valence-electron chi connectivity index (χ2n) is 6.77. The summed E-state index contributed by atoms with van der Waals surface area (Å²) in [5.41, 5.74) is 0.560. The van der Waals surface area contributed by atoms with E-state index in [0.717, 1.165) is 6.07 Å². The minimum Gasteiger partial charge on any atom is -0.744 e. The van der Waals surface area contributed by atoms with Crippen LogP contribution in [0.5, 0.6) is 11.5 Å². The molecule has 0 aliphatic carbocycles. The zero-order valence-corrected chi connectivity index (χ0v) is 20.2. The van der Waals surface area contributed by atoms with Gasteiger partial charge >= 0.3 is 41.5 Å². The van der Waals surface area contributed by atoms with Crippen LogP contribution in [0.2, 0.25) is 0 Å². The maximum absolute atomic E-state index is 12.6. The second kappa shape index (κ2) is 10.3. The smallest absolute Gasteiger partial charge is 0.744 e. The van der Waals surface area contributed by atoms with Gasteiger partial charge in [-0.25, -0.2) is 18.0 Å². The number of esters is 2. The largest absolute Gasteiger partial charge is 1.00 e. The molecule has 0 aliphatic rings. The standard InChI is InChI=1S/C24H16O7S.Na/c25-23(16-7-3-1-4-8-16)30-21-14-18-11-12-20(32(27,28)29)13-19(18)15-22(21)31-24(26)17-9-5-2-6-10-17;/h1-15H,(H,27,28,29);/q;+1/p-1. The quantitative estimate of drug-likeness (QED) is 0.187. The van der Waals surface area contributed by atoms with Gasteiger partial charge in [0.15, 0.2) is 11.5 Å². The molecule has 4 aromatic carbocycles. The van der Waals surface area contributed by atoms with E-state index in [1.165, 1.54) is 24.3 Å². The second-order valence-corrected chi connectivity index (χ2v) is 8.15. The Kier molecular flexibility index (Phi) is 7.68.